The van der Waals surface area contributed by atoms with E-state index in [0.717, 1.165) is 21.6 Å². The maximum Gasteiger partial charge on any atom is 0.300 e. The molecule has 5 nitrogen and oxygen atoms in total. The number of benzene rings is 2. The first-order valence-corrected chi connectivity index (χ1v) is 10.8. The number of carbonyl (C=O) groups is 2. The van der Waals surface area contributed by atoms with Crippen molar-refractivity contribution in [3.63, 3.8) is 0 Å². The van der Waals surface area contributed by atoms with Crippen molar-refractivity contribution in [1.29, 1.82) is 0 Å². The first kappa shape index (κ1) is 20.9. The van der Waals surface area contributed by atoms with Crippen molar-refractivity contribution in [3.05, 3.63) is 86.6 Å². The SMILES string of the molecule is COc1ccc(/C(O)=C2/C(=O)C(=O)N(c3cc(C)ccc3C)C2c2cccs2)c(C)c1. The summed E-state index contributed by atoms with van der Waals surface area (Å²) in [5.74, 6) is -0.851. The maximum absolute atomic E-state index is 13.2. The number of ether oxygens (including phenoxy) is 1. The molecular formula is C25H23NO4S. The smallest absolute Gasteiger partial charge is 0.300 e. The summed E-state index contributed by atoms with van der Waals surface area (Å²) in [6.45, 7) is 5.69. The molecular weight excluding hydrogens is 410 g/mol. The number of aryl methyl sites for hydroxylation is 3. The standard InChI is InChI=1S/C25H23NO4S/c1-14-7-8-15(2)19(12-14)26-22(20-6-5-11-31-20)21(24(28)25(26)29)23(27)18-10-9-17(30-4)13-16(18)3/h5-13,22,27H,1-4H3/b23-21-. The number of aliphatic hydroxyl groups is 1. The Morgan fingerprint density at radius 2 is 1.81 bits per heavy atom. The van der Waals surface area contributed by atoms with E-state index in [1.54, 1.807) is 25.3 Å². The van der Waals surface area contributed by atoms with E-state index in [4.69, 9.17) is 4.74 Å². The van der Waals surface area contributed by atoms with E-state index in [2.05, 4.69) is 0 Å². The van der Waals surface area contributed by atoms with Crippen LogP contribution in [0.4, 0.5) is 5.69 Å². The van der Waals surface area contributed by atoms with Gasteiger partial charge in [0.25, 0.3) is 11.7 Å². The lowest BCUT2D eigenvalue weighted by molar-refractivity contribution is -0.132. The van der Waals surface area contributed by atoms with Gasteiger partial charge in [0.15, 0.2) is 0 Å². The van der Waals surface area contributed by atoms with E-state index in [1.165, 1.54) is 16.2 Å². The van der Waals surface area contributed by atoms with Gasteiger partial charge in [-0.25, -0.2) is 0 Å². The molecule has 1 fully saturated rings. The number of methoxy groups -OCH3 is 1. The van der Waals surface area contributed by atoms with Crippen molar-refractivity contribution in [1.82, 2.24) is 0 Å². The number of anilines is 1. The molecule has 2 aromatic carbocycles. The van der Waals surface area contributed by atoms with E-state index < -0.39 is 17.7 Å². The minimum Gasteiger partial charge on any atom is -0.507 e. The van der Waals surface area contributed by atoms with Crippen molar-refractivity contribution >= 4 is 34.5 Å². The minimum atomic E-state index is -0.693. The van der Waals surface area contributed by atoms with Crippen LogP contribution in [0.25, 0.3) is 5.76 Å². The van der Waals surface area contributed by atoms with Gasteiger partial charge in [-0.1, -0.05) is 18.2 Å². The van der Waals surface area contributed by atoms with E-state index in [9.17, 15) is 14.7 Å². The van der Waals surface area contributed by atoms with Gasteiger partial charge in [0, 0.05) is 16.1 Å². The summed E-state index contributed by atoms with van der Waals surface area (Å²) in [6.07, 6.45) is 0. The number of thiophene rings is 1. The van der Waals surface area contributed by atoms with Gasteiger partial charge in [-0.05, 0) is 73.2 Å². The number of amides is 1. The van der Waals surface area contributed by atoms with Crippen molar-refractivity contribution in [2.45, 2.75) is 26.8 Å². The third kappa shape index (κ3) is 3.53. The lowest BCUT2D eigenvalue weighted by Crippen LogP contribution is -2.29. The number of ketones is 1. The number of hydrogen-bond acceptors (Lipinski definition) is 5. The van der Waals surface area contributed by atoms with Crippen LogP contribution < -0.4 is 9.64 Å². The molecule has 31 heavy (non-hydrogen) atoms. The summed E-state index contributed by atoms with van der Waals surface area (Å²) < 4.78 is 5.25. The van der Waals surface area contributed by atoms with Crippen molar-refractivity contribution in [2.24, 2.45) is 0 Å². The maximum atomic E-state index is 13.2. The third-order valence-electron chi connectivity index (χ3n) is 5.57. The van der Waals surface area contributed by atoms with Crippen LogP contribution in [0.2, 0.25) is 0 Å². The van der Waals surface area contributed by atoms with Crippen molar-refractivity contribution < 1.29 is 19.4 Å². The number of carbonyl (C=O) groups excluding carboxylic acids is 2. The highest BCUT2D eigenvalue weighted by molar-refractivity contribution is 7.10. The highest BCUT2D eigenvalue weighted by Gasteiger charge is 2.47. The molecule has 0 saturated carbocycles. The van der Waals surface area contributed by atoms with Crippen LogP contribution in [0.15, 0.2) is 59.5 Å². The largest absolute Gasteiger partial charge is 0.507 e. The Balaban J connectivity index is 1.95. The summed E-state index contributed by atoms with van der Waals surface area (Å²) in [5.41, 5.74) is 3.89. The van der Waals surface area contributed by atoms with Crippen LogP contribution in [-0.2, 0) is 9.59 Å². The van der Waals surface area contributed by atoms with E-state index in [-0.39, 0.29) is 11.3 Å². The zero-order chi connectivity index (χ0) is 22.3. The predicted octanol–water partition coefficient (Wildman–Crippen LogP) is 5.31. The fourth-order valence-corrected chi connectivity index (χ4v) is 4.77. The topological polar surface area (TPSA) is 66.8 Å². The molecule has 2 heterocycles. The lowest BCUT2D eigenvalue weighted by Gasteiger charge is -2.26. The van der Waals surface area contributed by atoms with Gasteiger partial charge < -0.3 is 9.84 Å². The molecule has 0 aliphatic carbocycles. The highest BCUT2D eigenvalue weighted by atomic mass is 32.1. The second-order valence-electron chi connectivity index (χ2n) is 7.66. The van der Waals surface area contributed by atoms with E-state index >= 15 is 0 Å². The second kappa shape index (κ2) is 8.04. The normalized spacial score (nSPS) is 17.9. The van der Waals surface area contributed by atoms with Crippen LogP contribution in [0.3, 0.4) is 0 Å². The fraction of sp³-hybridized carbons (Fsp3) is 0.200. The summed E-state index contributed by atoms with van der Waals surface area (Å²) in [5, 5.41) is 13.2. The zero-order valence-corrected chi connectivity index (χ0v) is 18.6. The Morgan fingerprint density at radius 1 is 1.03 bits per heavy atom. The molecule has 3 aromatic rings. The third-order valence-corrected chi connectivity index (χ3v) is 6.49. The molecule has 6 heteroatoms. The Bertz CT molecular complexity index is 1210. The van der Waals surface area contributed by atoms with Gasteiger partial charge in [-0.3, -0.25) is 14.5 Å². The average Bonchev–Trinajstić information content (AvgIpc) is 3.36. The predicted molar refractivity (Wildman–Crippen MR) is 123 cm³/mol. The molecule has 158 valence electrons. The van der Waals surface area contributed by atoms with E-state index in [1.807, 2.05) is 56.5 Å². The number of Topliss-reactive ketones (excluding diaryl/α,β-unsaturated/α-hetero) is 1. The molecule has 1 unspecified atom stereocenters. The molecule has 1 aromatic heterocycles. The molecule has 0 spiro atoms. The Kier molecular flexibility index (Phi) is 5.41. The Labute approximate surface area is 185 Å². The van der Waals surface area contributed by atoms with Crippen LogP contribution in [0.1, 0.15) is 33.2 Å². The van der Waals surface area contributed by atoms with Gasteiger partial charge in [0.05, 0.1) is 12.7 Å². The number of rotatable bonds is 4. The van der Waals surface area contributed by atoms with Crippen LogP contribution in [-0.4, -0.2) is 23.9 Å². The van der Waals surface area contributed by atoms with Gasteiger partial charge in [-0.15, -0.1) is 11.3 Å². The second-order valence-corrected chi connectivity index (χ2v) is 8.63. The number of hydrogen-bond donors (Lipinski definition) is 1. The average molecular weight is 434 g/mol. The van der Waals surface area contributed by atoms with Crippen LogP contribution >= 0.6 is 11.3 Å². The first-order chi connectivity index (χ1) is 14.8. The molecule has 0 bridgehead atoms. The molecule has 1 aliphatic heterocycles. The summed E-state index contributed by atoms with van der Waals surface area (Å²) in [4.78, 5) is 28.8. The summed E-state index contributed by atoms with van der Waals surface area (Å²) in [6, 6.07) is 14.1. The van der Waals surface area contributed by atoms with Crippen LogP contribution in [0.5, 0.6) is 5.75 Å². The molecule has 0 radical (unpaired) electrons. The van der Waals surface area contributed by atoms with Gasteiger partial charge in [0.1, 0.15) is 17.6 Å². The highest BCUT2D eigenvalue weighted by Crippen LogP contribution is 2.45. The molecule has 1 atom stereocenters. The lowest BCUT2D eigenvalue weighted by atomic mass is 9.97. The van der Waals surface area contributed by atoms with E-state index in [0.29, 0.717) is 17.0 Å². The summed E-state index contributed by atoms with van der Waals surface area (Å²) in [7, 11) is 1.57. The Morgan fingerprint density at radius 3 is 2.45 bits per heavy atom. The molecule has 1 N–H and O–H groups in total. The van der Waals surface area contributed by atoms with Crippen LogP contribution in [0, 0.1) is 20.8 Å². The molecule has 1 aliphatic rings. The number of aliphatic hydroxyl groups excluding tert-OH is 1. The van der Waals surface area contributed by atoms with Gasteiger partial charge in [-0.2, -0.15) is 0 Å². The molecule has 4 rings (SSSR count). The minimum absolute atomic E-state index is 0.0987. The first-order valence-electron chi connectivity index (χ1n) is 9.90. The van der Waals surface area contributed by atoms with Crippen molar-refractivity contribution in [3.8, 4) is 5.75 Å². The zero-order valence-electron chi connectivity index (χ0n) is 17.8. The molecule has 1 saturated heterocycles. The fourth-order valence-electron chi connectivity index (χ4n) is 3.95. The van der Waals surface area contributed by atoms with Gasteiger partial charge in [0.2, 0.25) is 0 Å². The van der Waals surface area contributed by atoms with Crippen molar-refractivity contribution in [2.75, 3.05) is 12.0 Å². The molecule has 1 amide bonds. The quantitative estimate of drug-likeness (QED) is 0.344. The van der Waals surface area contributed by atoms with Gasteiger partial charge >= 0.3 is 0 Å². The number of nitrogens with zero attached hydrogens (tertiary/aromatic N) is 1. The Hall–Kier alpha value is -3.38. The summed E-state index contributed by atoms with van der Waals surface area (Å²) >= 11 is 1.45. The monoisotopic (exact) mass is 433 g/mol.